The number of fused-ring (bicyclic) bond motifs is 3. The third-order valence-corrected chi connectivity index (χ3v) is 7.24. The van der Waals surface area contributed by atoms with E-state index >= 15 is 0 Å². The van der Waals surface area contributed by atoms with Gasteiger partial charge in [0, 0.05) is 49.9 Å². The molecule has 1 atom stereocenters. The Kier molecular flexibility index (Phi) is 6.25. The van der Waals surface area contributed by atoms with Gasteiger partial charge in [-0.15, -0.1) is 0 Å². The van der Waals surface area contributed by atoms with Crippen LogP contribution in [0.5, 0.6) is 0 Å². The van der Waals surface area contributed by atoms with Crippen LogP contribution < -0.4 is 16.3 Å². The van der Waals surface area contributed by atoms with Gasteiger partial charge in [-0.25, -0.2) is 9.98 Å². The first-order valence-electron chi connectivity index (χ1n) is 13.0. The molecule has 0 fully saturated rings. The molecule has 0 saturated heterocycles. The molecule has 5 nitrogen and oxygen atoms in total. The quantitative estimate of drug-likeness (QED) is 0.166. The molecule has 0 bridgehead atoms. The lowest BCUT2D eigenvalue weighted by Crippen LogP contribution is -2.34. The van der Waals surface area contributed by atoms with Crippen LogP contribution in [0.3, 0.4) is 0 Å². The molecular formula is C34H29N5. The number of nitrogens with zero attached hydrogens (tertiary/aromatic N) is 2. The summed E-state index contributed by atoms with van der Waals surface area (Å²) in [5, 5.41) is 12.2. The smallest absolute Gasteiger partial charge is 0.161 e. The number of benzene rings is 4. The van der Waals surface area contributed by atoms with E-state index in [2.05, 4.69) is 65.5 Å². The number of H-pyrrole nitrogens is 1. The first-order chi connectivity index (χ1) is 19.0. The number of aliphatic imine (C=N–C) groups is 2. The van der Waals surface area contributed by atoms with Crippen molar-refractivity contribution in [3.8, 4) is 0 Å². The minimum Gasteiger partial charge on any atom is -0.399 e. The number of aromatic amines is 1. The zero-order valence-electron chi connectivity index (χ0n) is 21.7. The summed E-state index contributed by atoms with van der Waals surface area (Å²) in [6.45, 7) is 2.25. The van der Waals surface area contributed by atoms with E-state index in [0.29, 0.717) is 11.5 Å². The second-order valence-corrected chi connectivity index (χ2v) is 10.1. The molecule has 0 amide bonds. The zero-order chi connectivity index (χ0) is 26.8. The van der Waals surface area contributed by atoms with Crippen molar-refractivity contribution in [1.82, 2.24) is 4.98 Å². The molecule has 4 N–H and O–H groups in total. The zero-order valence-corrected chi connectivity index (χ0v) is 21.7. The fourth-order valence-corrected chi connectivity index (χ4v) is 5.13. The Bertz CT molecular complexity index is 1860. The van der Waals surface area contributed by atoms with Crippen LogP contribution in [0.25, 0.3) is 23.1 Å². The monoisotopic (exact) mass is 507 g/mol. The summed E-state index contributed by atoms with van der Waals surface area (Å²) in [5.74, 6) is 0.634. The predicted molar refractivity (Wildman–Crippen MR) is 163 cm³/mol. The standard InChI is InChI=1S/C34H29N5/c1-34(17-16-31-29(21-34)28-14-8-9-15-30(28)38-31)26-18-23(19-27(35)20-26)22-37-33(25-12-6-3-7-13-25)39-32(36)24-10-4-2-5-11-24/h2-16,18-22,36,38H,17,35H2,1H3/b36-32?,37-22+,39-33-. The highest BCUT2D eigenvalue weighted by atomic mass is 14.9. The van der Waals surface area contributed by atoms with Crippen molar-refractivity contribution in [2.75, 3.05) is 5.73 Å². The van der Waals surface area contributed by atoms with Crippen LogP contribution in [0.1, 0.15) is 35.6 Å². The van der Waals surface area contributed by atoms with Gasteiger partial charge in [-0.1, -0.05) is 97.9 Å². The van der Waals surface area contributed by atoms with Crippen molar-refractivity contribution in [2.45, 2.75) is 18.8 Å². The molecule has 6 rings (SSSR count). The molecule has 0 saturated carbocycles. The minimum atomic E-state index is -0.221. The summed E-state index contributed by atoms with van der Waals surface area (Å²) in [4.78, 5) is 12.9. The number of hydrogen-bond acceptors (Lipinski definition) is 2. The molecule has 0 spiro atoms. The number of nitrogens with two attached hydrogens (primary N) is 1. The third-order valence-electron chi connectivity index (χ3n) is 7.24. The number of hydrogen-bond donors (Lipinski definition) is 3. The molecule has 1 aliphatic carbocycles. The van der Waals surface area contributed by atoms with Gasteiger partial charge in [0.25, 0.3) is 0 Å². The summed E-state index contributed by atoms with van der Waals surface area (Å²) >= 11 is 0. The Morgan fingerprint density at radius 2 is 1.59 bits per heavy atom. The van der Waals surface area contributed by atoms with E-state index in [1.807, 2.05) is 66.7 Å². The van der Waals surface area contributed by atoms with E-state index in [-0.39, 0.29) is 11.3 Å². The van der Waals surface area contributed by atoms with Gasteiger partial charge in [-0.05, 0) is 41.8 Å². The number of amidine groups is 2. The fourth-order valence-electron chi connectivity index (χ4n) is 5.13. The van der Waals surface area contributed by atoms with E-state index in [0.717, 1.165) is 34.2 Å². The summed E-state index contributed by atoms with van der Waals surface area (Å²) < 4.78 is 0. The van der Waals surface area contributed by atoms with Crippen LogP contribution in [0.15, 0.2) is 113 Å². The molecule has 39 heavy (non-hydrogen) atoms. The van der Waals surface area contributed by atoms with Crippen molar-refractivity contribution in [3.63, 3.8) is 0 Å². The molecule has 0 radical (unpaired) electrons. The number of para-hydroxylation sites is 1. The van der Waals surface area contributed by atoms with Crippen molar-refractivity contribution in [2.24, 2.45) is 9.98 Å². The van der Waals surface area contributed by atoms with E-state index in [1.54, 1.807) is 6.21 Å². The normalized spacial score (nSPS) is 17.0. The van der Waals surface area contributed by atoms with Crippen LogP contribution in [0.4, 0.5) is 5.69 Å². The highest BCUT2D eigenvalue weighted by Crippen LogP contribution is 2.33. The Balaban J connectivity index is 1.38. The van der Waals surface area contributed by atoms with Gasteiger partial charge >= 0.3 is 0 Å². The van der Waals surface area contributed by atoms with Gasteiger partial charge < -0.3 is 10.7 Å². The maximum absolute atomic E-state index is 8.53. The third kappa shape index (κ3) is 4.94. The van der Waals surface area contributed by atoms with Crippen LogP contribution >= 0.6 is 0 Å². The van der Waals surface area contributed by atoms with Crippen molar-refractivity contribution in [1.29, 1.82) is 5.41 Å². The van der Waals surface area contributed by atoms with E-state index in [9.17, 15) is 0 Å². The first-order valence-corrected chi connectivity index (χ1v) is 13.0. The van der Waals surface area contributed by atoms with Gasteiger partial charge in [0.2, 0.25) is 0 Å². The minimum absolute atomic E-state index is 0.161. The molecular weight excluding hydrogens is 478 g/mol. The van der Waals surface area contributed by atoms with E-state index < -0.39 is 0 Å². The molecule has 5 heteroatoms. The second kappa shape index (κ2) is 10.0. The maximum atomic E-state index is 8.53. The largest absolute Gasteiger partial charge is 0.399 e. The van der Waals surface area contributed by atoms with Gasteiger partial charge in [-0.2, -0.15) is 0 Å². The molecule has 1 aliphatic rings. The lowest BCUT2D eigenvalue weighted by Gasteiger charge is -2.28. The number of nitrogens with one attached hydrogen (secondary N) is 2. The fraction of sp³-hybridized carbons (Fsp3) is 0.0882. The molecule has 1 unspecified atom stereocenters. The van der Waals surface area contributed by atoms with Crippen LogP contribution in [0, 0.1) is 5.41 Å². The lowest BCUT2D eigenvalue weighted by atomic mass is 9.76. The number of rotatable bonds is 4. The number of nitrogen functional groups attached to an aromatic ring is 1. The average Bonchev–Trinajstić information content (AvgIpc) is 3.33. The van der Waals surface area contributed by atoms with Crippen LogP contribution in [-0.4, -0.2) is 22.9 Å². The molecule has 5 aromatic rings. The lowest BCUT2D eigenvalue weighted by molar-refractivity contribution is 0.653. The van der Waals surface area contributed by atoms with Gasteiger partial charge in [0.05, 0.1) is 0 Å². The summed E-state index contributed by atoms with van der Waals surface area (Å²) in [6, 6.07) is 33.8. The highest BCUT2D eigenvalue weighted by molar-refractivity contribution is 6.13. The number of anilines is 1. The molecule has 1 aromatic heterocycles. The van der Waals surface area contributed by atoms with Crippen LogP contribution in [0.2, 0.25) is 0 Å². The van der Waals surface area contributed by atoms with Gasteiger partial charge in [0.1, 0.15) is 0 Å². The predicted octanol–water partition coefficient (Wildman–Crippen LogP) is 5.56. The second-order valence-electron chi connectivity index (χ2n) is 10.1. The van der Waals surface area contributed by atoms with Crippen molar-refractivity contribution < 1.29 is 0 Å². The first kappa shape index (κ1) is 24.3. The summed E-state index contributed by atoms with van der Waals surface area (Å²) in [5.41, 5.74) is 11.6. The van der Waals surface area contributed by atoms with Crippen molar-refractivity contribution >= 4 is 46.6 Å². The van der Waals surface area contributed by atoms with Crippen LogP contribution in [-0.2, 0) is 5.41 Å². The Morgan fingerprint density at radius 1 is 0.897 bits per heavy atom. The SMILES string of the molecule is CC1(c2cc(N)cc(/C=N/C(=N\C(=N)c3ccccc3)c3ccccc3)c2)C=c2c([nH]c3ccccc23)=CC1. The molecule has 4 aromatic carbocycles. The van der Waals surface area contributed by atoms with E-state index in [4.69, 9.17) is 16.1 Å². The molecule has 190 valence electrons. The Morgan fingerprint density at radius 3 is 2.36 bits per heavy atom. The highest BCUT2D eigenvalue weighted by Gasteiger charge is 2.26. The Hall–Kier alpha value is -5.03. The van der Waals surface area contributed by atoms with Crippen molar-refractivity contribution in [3.05, 3.63) is 136 Å². The van der Waals surface area contributed by atoms with E-state index in [1.165, 1.54) is 16.0 Å². The molecule has 0 aliphatic heterocycles. The summed E-state index contributed by atoms with van der Waals surface area (Å²) in [6.07, 6.45) is 7.28. The maximum Gasteiger partial charge on any atom is 0.161 e. The summed E-state index contributed by atoms with van der Waals surface area (Å²) in [7, 11) is 0. The Labute approximate surface area is 227 Å². The number of aromatic nitrogens is 1. The molecule has 1 heterocycles. The van der Waals surface area contributed by atoms with Gasteiger partial charge in [0.15, 0.2) is 11.7 Å². The topological polar surface area (TPSA) is 90.4 Å². The average molecular weight is 508 g/mol. The van der Waals surface area contributed by atoms with Gasteiger partial charge in [-0.3, -0.25) is 5.41 Å².